The maximum Gasteiger partial charge on any atom is 0.302 e. The number of esters is 1. The Balaban J connectivity index is 2.10. The molecular formula is C15H18N2O3. The molecule has 0 saturated carbocycles. The number of para-hydroxylation sites is 2. The molecule has 0 saturated heterocycles. The number of hydrogen-bond acceptors (Lipinski definition) is 5. The summed E-state index contributed by atoms with van der Waals surface area (Å²) in [6, 6.07) is 7.86. The fourth-order valence-corrected chi connectivity index (χ4v) is 2.20. The summed E-state index contributed by atoms with van der Waals surface area (Å²) in [4.78, 5) is 28.0. The van der Waals surface area contributed by atoms with Crippen molar-refractivity contribution >= 4 is 29.3 Å². The molecule has 0 atom stereocenters. The first-order chi connectivity index (χ1) is 9.70. The van der Waals surface area contributed by atoms with E-state index in [1.807, 2.05) is 24.3 Å². The second-order valence-corrected chi connectivity index (χ2v) is 4.63. The summed E-state index contributed by atoms with van der Waals surface area (Å²) in [6.45, 7) is 3.05. The molecule has 0 bridgehead atoms. The monoisotopic (exact) mass is 274 g/mol. The summed E-state index contributed by atoms with van der Waals surface area (Å²) in [5.74, 6) is -0.273. The van der Waals surface area contributed by atoms with Crippen LogP contribution < -0.4 is 4.90 Å². The standard InChI is InChI=1S/C15H18N2O3/c1-12(19)20-10-8-17-11-13(5-4-9-18)16-14-6-2-3-7-15(14)17/h2-3,6-7,9H,4-5,8,10-11H2,1H3. The fourth-order valence-electron chi connectivity index (χ4n) is 2.20. The molecule has 0 aliphatic carbocycles. The molecule has 5 nitrogen and oxygen atoms in total. The number of aldehydes is 1. The highest BCUT2D eigenvalue weighted by Crippen LogP contribution is 2.32. The highest BCUT2D eigenvalue weighted by molar-refractivity contribution is 5.96. The molecule has 0 aromatic heterocycles. The lowest BCUT2D eigenvalue weighted by Gasteiger charge is -2.30. The molecule has 0 unspecified atom stereocenters. The zero-order valence-electron chi connectivity index (χ0n) is 11.5. The van der Waals surface area contributed by atoms with E-state index in [0.29, 0.717) is 32.5 Å². The fraction of sp³-hybridized carbons (Fsp3) is 0.400. The first kappa shape index (κ1) is 14.2. The number of carbonyl (C=O) groups is 2. The Hall–Kier alpha value is -2.17. The lowest BCUT2D eigenvalue weighted by atomic mass is 10.1. The van der Waals surface area contributed by atoms with Gasteiger partial charge >= 0.3 is 5.97 Å². The zero-order valence-corrected chi connectivity index (χ0v) is 11.5. The van der Waals surface area contributed by atoms with Gasteiger partial charge in [-0.15, -0.1) is 0 Å². The minimum absolute atomic E-state index is 0.273. The second-order valence-electron chi connectivity index (χ2n) is 4.63. The molecular weight excluding hydrogens is 256 g/mol. The van der Waals surface area contributed by atoms with E-state index >= 15 is 0 Å². The second kappa shape index (κ2) is 6.84. The summed E-state index contributed by atoms with van der Waals surface area (Å²) in [6.07, 6.45) is 2.06. The smallest absolute Gasteiger partial charge is 0.302 e. The van der Waals surface area contributed by atoms with Crippen LogP contribution in [0.1, 0.15) is 19.8 Å². The number of carbonyl (C=O) groups excluding carboxylic acids is 2. The van der Waals surface area contributed by atoms with Crippen LogP contribution in [0.15, 0.2) is 29.3 Å². The molecule has 0 spiro atoms. The van der Waals surface area contributed by atoms with Crippen molar-refractivity contribution in [3.05, 3.63) is 24.3 Å². The van der Waals surface area contributed by atoms with Crippen molar-refractivity contribution in [3.8, 4) is 0 Å². The third-order valence-corrected chi connectivity index (χ3v) is 3.09. The topological polar surface area (TPSA) is 59.0 Å². The van der Waals surface area contributed by atoms with Gasteiger partial charge in [0.1, 0.15) is 12.9 Å². The number of aliphatic imine (C=N–C) groups is 1. The Morgan fingerprint density at radius 2 is 2.25 bits per heavy atom. The van der Waals surface area contributed by atoms with Gasteiger partial charge in [0.05, 0.1) is 24.5 Å². The highest BCUT2D eigenvalue weighted by Gasteiger charge is 2.18. The summed E-state index contributed by atoms with van der Waals surface area (Å²) >= 11 is 0. The van der Waals surface area contributed by atoms with E-state index in [9.17, 15) is 9.59 Å². The van der Waals surface area contributed by atoms with Crippen LogP contribution in [0.2, 0.25) is 0 Å². The molecule has 0 radical (unpaired) electrons. The molecule has 1 aromatic rings. The van der Waals surface area contributed by atoms with Gasteiger partial charge in [-0.3, -0.25) is 9.79 Å². The Kier molecular flexibility index (Phi) is 4.87. The number of ether oxygens (including phenoxy) is 1. The first-order valence-electron chi connectivity index (χ1n) is 6.68. The molecule has 20 heavy (non-hydrogen) atoms. The van der Waals surface area contributed by atoms with Gasteiger partial charge < -0.3 is 14.4 Å². The van der Waals surface area contributed by atoms with Crippen molar-refractivity contribution in [1.29, 1.82) is 0 Å². The zero-order chi connectivity index (χ0) is 14.4. The predicted octanol–water partition coefficient (Wildman–Crippen LogP) is 2.12. The summed E-state index contributed by atoms with van der Waals surface area (Å²) in [5.41, 5.74) is 2.93. The molecule has 5 heteroatoms. The normalized spacial score (nSPS) is 13.4. The van der Waals surface area contributed by atoms with Gasteiger partial charge in [0.2, 0.25) is 0 Å². The third-order valence-electron chi connectivity index (χ3n) is 3.09. The van der Waals surface area contributed by atoms with E-state index < -0.39 is 0 Å². The van der Waals surface area contributed by atoms with Gasteiger partial charge in [0, 0.05) is 19.1 Å². The van der Waals surface area contributed by atoms with Crippen molar-refractivity contribution in [2.75, 3.05) is 24.6 Å². The molecule has 0 N–H and O–H groups in total. The number of hydrogen-bond donors (Lipinski definition) is 0. The van der Waals surface area contributed by atoms with Gasteiger partial charge in [-0.05, 0) is 18.6 Å². The SMILES string of the molecule is CC(=O)OCCN1CC(CCC=O)=Nc2ccccc21. The van der Waals surface area contributed by atoms with E-state index in [2.05, 4.69) is 9.89 Å². The van der Waals surface area contributed by atoms with Crippen LogP contribution in [-0.2, 0) is 14.3 Å². The van der Waals surface area contributed by atoms with Crippen LogP contribution in [0.3, 0.4) is 0 Å². The minimum atomic E-state index is -0.273. The van der Waals surface area contributed by atoms with Crippen LogP contribution >= 0.6 is 0 Å². The van der Waals surface area contributed by atoms with Gasteiger partial charge in [0.15, 0.2) is 0 Å². The van der Waals surface area contributed by atoms with Crippen molar-refractivity contribution in [1.82, 2.24) is 0 Å². The van der Waals surface area contributed by atoms with Gasteiger partial charge in [0.25, 0.3) is 0 Å². The number of fused-ring (bicyclic) bond motifs is 1. The molecule has 1 aliphatic heterocycles. The lowest BCUT2D eigenvalue weighted by Crippen LogP contribution is -2.35. The van der Waals surface area contributed by atoms with Crippen LogP contribution in [0.5, 0.6) is 0 Å². The van der Waals surface area contributed by atoms with Crippen molar-refractivity contribution < 1.29 is 14.3 Å². The lowest BCUT2D eigenvalue weighted by molar-refractivity contribution is -0.140. The molecule has 1 aliphatic rings. The van der Waals surface area contributed by atoms with Crippen LogP contribution in [0.4, 0.5) is 11.4 Å². The Morgan fingerprint density at radius 3 is 3.00 bits per heavy atom. The van der Waals surface area contributed by atoms with Gasteiger partial charge in [-0.25, -0.2) is 0 Å². The average molecular weight is 274 g/mol. The number of rotatable bonds is 6. The molecule has 2 rings (SSSR count). The van der Waals surface area contributed by atoms with E-state index in [4.69, 9.17) is 4.74 Å². The third kappa shape index (κ3) is 3.66. The van der Waals surface area contributed by atoms with Gasteiger partial charge in [-0.2, -0.15) is 0 Å². The summed E-state index contributed by atoms with van der Waals surface area (Å²) in [5, 5.41) is 0. The first-order valence-corrected chi connectivity index (χ1v) is 6.68. The van der Waals surface area contributed by atoms with Crippen LogP contribution in [0, 0.1) is 0 Å². The van der Waals surface area contributed by atoms with Gasteiger partial charge in [-0.1, -0.05) is 12.1 Å². The summed E-state index contributed by atoms with van der Waals surface area (Å²) < 4.78 is 5.00. The van der Waals surface area contributed by atoms with Crippen molar-refractivity contribution in [2.45, 2.75) is 19.8 Å². The molecule has 1 heterocycles. The maximum atomic E-state index is 10.8. The Labute approximate surface area is 118 Å². The Morgan fingerprint density at radius 1 is 1.45 bits per heavy atom. The van der Waals surface area contributed by atoms with Crippen molar-refractivity contribution in [2.24, 2.45) is 4.99 Å². The van der Waals surface area contributed by atoms with E-state index in [0.717, 1.165) is 23.4 Å². The van der Waals surface area contributed by atoms with E-state index in [-0.39, 0.29) is 5.97 Å². The number of nitrogens with zero attached hydrogens (tertiary/aromatic N) is 2. The Bertz CT molecular complexity index is 526. The minimum Gasteiger partial charge on any atom is -0.464 e. The highest BCUT2D eigenvalue weighted by atomic mass is 16.5. The largest absolute Gasteiger partial charge is 0.464 e. The van der Waals surface area contributed by atoms with E-state index in [1.54, 1.807) is 0 Å². The van der Waals surface area contributed by atoms with Crippen LogP contribution in [0.25, 0.3) is 0 Å². The summed E-state index contributed by atoms with van der Waals surface area (Å²) in [7, 11) is 0. The molecule has 106 valence electrons. The molecule has 0 fully saturated rings. The number of benzene rings is 1. The van der Waals surface area contributed by atoms with Crippen molar-refractivity contribution in [3.63, 3.8) is 0 Å². The maximum absolute atomic E-state index is 10.8. The number of anilines is 1. The predicted molar refractivity (Wildman–Crippen MR) is 77.7 cm³/mol. The average Bonchev–Trinajstić information content (AvgIpc) is 2.44. The quantitative estimate of drug-likeness (QED) is 0.589. The molecule has 0 amide bonds. The molecule has 1 aromatic carbocycles. The van der Waals surface area contributed by atoms with Crippen LogP contribution in [-0.4, -0.2) is 37.7 Å². The van der Waals surface area contributed by atoms with E-state index in [1.165, 1.54) is 6.92 Å².